The van der Waals surface area contributed by atoms with Gasteiger partial charge in [0.1, 0.15) is 6.04 Å². The fourth-order valence-electron chi connectivity index (χ4n) is 4.21. The molecule has 0 bridgehead atoms. The van der Waals surface area contributed by atoms with Crippen molar-refractivity contribution >= 4 is 29.0 Å². The molecule has 1 saturated carbocycles. The summed E-state index contributed by atoms with van der Waals surface area (Å²) in [5, 5.41) is 21.7. The minimum absolute atomic E-state index is 0.0723. The van der Waals surface area contributed by atoms with Gasteiger partial charge >= 0.3 is 0 Å². The van der Waals surface area contributed by atoms with Gasteiger partial charge in [-0.2, -0.15) is 20.2 Å². The Balaban J connectivity index is 1.48. The van der Waals surface area contributed by atoms with E-state index in [4.69, 9.17) is 0 Å². The fraction of sp³-hybridized carbons (Fsp3) is 0.250. The molecule has 0 spiro atoms. The molecule has 3 unspecified atom stereocenters. The van der Waals surface area contributed by atoms with Crippen LogP contribution in [0.4, 0.5) is 11.4 Å². The predicted octanol–water partition coefficient (Wildman–Crippen LogP) is 3.02. The van der Waals surface area contributed by atoms with Gasteiger partial charge in [0.2, 0.25) is 0 Å². The van der Waals surface area contributed by atoms with Crippen molar-refractivity contribution in [3.05, 3.63) is 69.8 Å². The lowest BCUT2D eigenvalue weighted by Crippen LogP contribution is -2.39. The van der Waals surface area contributed by atoms with Gasteiger partial charge < -0.3 is 0 Å². The van der Waals surface area contributed by atoms with Crippen molar-refractivity contribution < 1.29 is 19.3 Å². The Morgan fingerprint density at radius 3 is 2.23 bits per heavy atom. The number of Topliss-reactive ketones (excluding diaryl/α,β-unsaturated/α-hetero) is 1. The van der Waals surface area contributed by atoms with Crippen molar-refractivity contribution in [1.82, 2.24) is 10.0 Å². The molecule has 10 heteroatoms. The molecule has 2 aliphatic heterocycles. The first kappa shape index (κ1) is 18.3. The Bertz CT molecular complexity index is 1110. The Hall–Kier alpha value is -3.79. The van der Waals surface area contributed by atoms with E-state index < -0.39 is 28.4 Å². The Kier molecular flexibility index (Phi) is 3.87. The molecule has 1 aliphatic carbocycles. The molecule has 5 rings (SSSR count). The van der Waals surface area contributed by atoms with Crippen molar-refractivity contribution in [1.29, 1.82) is 0 Å². The van der Waals surface area contributed by atoms with Gasteiger partial charge in [0.25, 0.3) is 17.5 Å². The number of fused-ring (bicyclic) bond motifs is 2. The Morgan fingerprint density at radius 2 is 1.63 bits per heavy atom. The lowest BCUT2D eigenvalue weighted by Gasteiger charge is -2.18. The van der Waals surface area contributed by atoms with Crippen LogP contribution in [0.15, 0.2) is 58.8 Å². The van der Waals surface area contributed by atoms with E-state index in [9.17, 15) is 24.5 Å². The first-order valence-electron chi connectivity index (χ1n) is 9.41. The number of nitrogens with zero attached hydrogens (tertiary/aromatic N) is 5. The zero-order valence-electron chi connectivity index (χ0n) is 15.6. The van der Waals surface area contributed by atoms with Crippen LogP contribution in [0.25, 0.3) is 0 Å². The zero-order valence-corrected chi connectivity index (χ0v) is 15.6. The highest BCUT2D eigenvalue weighted by Crippen LogP contribution is 2.53. The van der Waals surface area contributed by atoms with Gasteiger partial charge in [-0.15, -0.1) is 0 Å². The average Bonchev–Trinajstić information content (AvgIpc) is 3.35. The number of carbonyl (C=O) groups is 3. The Morgan fingerprint density at radius 1 is 1.00 bits per heavy atom. The molecular weight excluding hydrogens is 390 g/mol. The average molecular weight is 405 g/mol. The van der Waals surface area contributed by atoms with Crippen LogP contribution in [0.5, 0.6) is 0 Å². The second-order valence-electron chi connectivity index (χ2n) is 7.39. The molecule has 0 N–H and O–H groups in total. The summed E-state index contributed by atoms with van der Waals surface area (Å²) in [7, 11) is 0. The smallest absolute Gasteiger partial charge is 0.276 e. The molecule has 30 heavy (non-hydrogen) atoms. The lowest BCUT2D eigenvalue weighted by molar-refractivity contribution is -0.384. The first-order chi connectivity index (χ1) is 14.4. The highest BCUT2D eigenvalue weighted by Gasteiger charge is 2.73. The molecule has 2 aromatic rings. The summed E-state index contributed by atoms with van der Waals surface area (Å²) in [6, 6.07) is 11.3. The number of hydrazine groups is 1. The maximum absolute atomic E-state index is 12.9. The summed E-state index contributed by atoms with van der Waals surface area (Å²) in [6.07, 6.45) is 1.38. The second kappa shape index (κ2) is 6.36. The minimum atomic E-state index is -1.09. The molecule has 10 nitrogen and oxygen atoms in total. The van der Waals surface area contributed by atoms with Crippen molar-refractivity contribution in [2.45, 2.75) is 31.0 Å². The minimum Gasteiger partial charge on any atom is -0.298 e. The Labute approximate surface area is 169 Å². The fourth-order valence-corrected chi connectivity index (χ4v) is 4.21. The number of nitro groups is 1. The second-order valence-corrected chi connectivity index (χ2v) is 7.39. The number of rotatable bonds is 4. The van der Waals surface area contributed by atoms with Crippen LogP contribution in [0.3, 0.4) is 0 Å². The van der Waals surface area contributed by atoms with E-state index in [2.05, 4.69) is 10.2 Å². The number of nitro benzene ring substituents is 1. The van der Waals surface area contributed by atoms with Crippen LogP contribution >= 0.6 is 0 Å². The highest BCUT2D eigenvalue weighted by molar-refractivity contribution is 6.21. The quantitative estimate of drug-likeness (QED) is 0.253. The predicted molar refractivity (Wildman–Crippen MR) is 102 cm³/mol. The molecular formula is C20H15N5O5. The molecule has 2 amide bonds. The summed E-state index contributed by atoms with van der Waals surface area (Å²) in [5.41, 5.74) is -0.204. The summed E-state index contributed by atoms with van der Waals surface area (Å²) in [6.45, 7) is 0. The van der Waals surface area contributed by atoms with E-state index in [1.165, 1.54) is 29.3 Å². The number of hydrogen-bond donors (Lipinski definition) is 0. The van der Waals surface area contributed by atoms with Crippen LogP contribution in [0.2, 0.25) is 0 Å². The van der Waals surface area contributed by atoms with Gasteiger partial charge in [0, 0.05) is 18.6 Å². The number of carbonyl (C=O) groups excluding carboxylic acids is 3. The van der Waals surface area contributed by atoms with Crippen molar-refractivity contribution in [3.8, 4) is 0 Å². The SMILES string of the molecule is O=C1CCCC2(N=Nc3ccc([N+](=O)[O-])cc3)C1N2N1C(=O)c2ccccc2C1=O. The number of ketones is 1. The van der Waals surface area contributed by atoms with Crippen LogP contribution in [0.1, 0.15) is 40.0 Å². The van der Waals surface area contributed by atoms with E-state index in [1.807, 2.05) is 0 Å². The van der Waals surface area contributed by atoms with E-state index in [1.54, 1.807) is 24.3 Å². The standard InChI is InChI=1S/C20H15N5O5/c26-16-6-3-11-20(22-21-12-7-9-13(10-8-12)25(29)30)17(16)24(20)23-18(27)14-4-1-2-5-15(14)19(23)28/h1-2,4-5,7-10,17H,3,6,11H2. The van der Waals surface area contributed by atoms with Gasteiger partial charge in [-0.05, 0) is 37.1 Å². The molecule has 150 valence electrons. The number of benzene rings is 2. The maximum atomic E-state index is 12.9. The summed E-state index contributed by atoms with van der Waals surface area (Å²) >= 11 is 0. The summed E-state index contributed by atoms with van der Waals surface area (Å²) in [4.78, 5) is 48.6. The van der Waals surface area contributed by atoms with E-state index in [0.717, 1.165) is 5.01 Å². The van der Waals surface area contributed by atoms with E-state index >= 15 is 0 Å². The summed E-state index contributed by atoms with van der Waals surface area (Å²) in [5.74, 6) is -1.06. The zero-order chi connectivity index (χ0) is 21.0. The molecule has 2 heterocycles. The summed E-state index contributed by atoms with van der Waals surface area (Å²) < 4.78 is 0. The lowest BCUT2D eigenvalue weighted by atomic mass is 9.95. The highest BCUT2D eigenvalue weighted by atomic mass is 16.6. The van der Waals surface area contributed by atoms with Gasteiger partial charge in [-0.3, -0.25) is 24.5 Å². The van der Waals surface area contributed by atoms with Crippen molar-refractivity contribution in [2.24, 2.45) is 10.2 Å². The van der Waals surface area contributed by atoms with E-state index in [0.29, 0.717) is 36.1 Å². The normalized spacial score (nSPS) is 27.3. The third-order valence-electron chi connectivity index (χ3n) is 5.67. The third kappa shape index (κ3) is 2.50. The first-order valence-corrected chi connectivity index (χ1v) is 9.41. The largest absolute Gasteiger partial charge is 0.298 e. The number of non-ortho nitro benzene ring substituents is 1. The molecule has 0 radical (unpaired) electrons. The topological polar surface area (TPSA) is 125 Å². The van der Waals surface area contributed by atoms with Gasteiger partial charge in [-0.1, -0.05) is 12.1 Å². The molecule has 0 aromatic heterocycles. The number of amides is 2. The van der Waals surface area contributed by atoms with Crippen LogP contribution < -0.4 is 0 Å². The molecule has 3 aliphatic rings. The number of imide groups is 1. The number of azo groups is 1. The van der Waals surface area contributed by atoms with Crippen LogP contribution in [0, 0.1) is 10.1 Å². The van der Waals surface area contributed by atoms with Gasteiger partial charge in [0.15, 0.2) is 11.4 Å². The molecule has 2 fully saturated rings. The van der Waals surface area contributed by atoms with Crippen LogP contribution in [-0.4, -0.2) is 44.2 Å². The van der Waals surface area contributed by atoms with Crippen LogP contribution in [-0.2, 0) is 4.79 Å². The van der Waals surface area contributed by atoms with Crippen molar-refractivity contribution in [2.75, 3.05) is 0 Å². The van der Waals surface area contributed by atoms with Gasteiger partial charge in [-0.25, -0.2) is 0 Å². The molecule has 2 aromatic carbocycles. The monoisotopic (exact) mass is 405 g/mol. The van der Waals surface area contributed by atoms with Crippen molar-refractivity contribution in [3.63, 3.8) is 0 Å². The maximum Gasteiger partial charge on any atom is 0.276 e. The number of hydrogen-bond acceptors (Lipinski definition) is 8. The van der Waals surface area contributed by atoms with E-state index in [-0.39, 0.29) is 11.5 Å². The molecule has 1 saturated heterocycles. The third-order valence-corrected chi connectivity index (χ3v) is 5.67. The van der Waals surface area contributed by atoms with Gasteiger partial charge in [0.05, 0.1) is 21.7 Å². The molecule has 3 atom stereocenters.